The second kappa shape index (κ2) is 6.40. The summed E-state index contributed by atoms with van der Waals surface area (Å²) in [6.45, 7) is 2.93. The molecule has 0 saturated carbocycles. The summed E-state index contributed by atoms with van der Waals surface area (Å²) in [4.78, 5) is 18.2. The van der Waals surface area contributed by atoms with Gasteiger partial charge in [-0.15, -0.1) is 0 Å². The highest BCUT2D eigenvalue weighted by Gasteiger charge is 2.22. The monoisotopic (exact) mass is 380 g/mol. The van der Waals surface area contributed by atoms with Gasteiger partial charge in [-0.3, -0.25) is 4.79 Å². The number of aromatic amines is 1. The fourth-order valence-electron chi connectivity index (χ4n) is 3.56. The molecule has 0 atom stereocenters. The lowest BCUT2D eigenvalue weighted by atomic mass is 10.1. The first kappa shape index (κ1) is 16.4. The van der Waals surface area contributed by atoms with Crippen LogP contribution in [0.2, 0.25) is 5.02 Å². The first-order valence-corrected chi connectivity index (χ1v) is 9.22. The quantitative estimate of drug-likeness (QED) is 0.579. The average molecular weight is 381 g/mol. The lowest BCUT2D eigenvalue weighted by Crippen LogP contribution is -2.36. The highest BCUT2D eigenvalue weighted by Crippen LogP contribution is 2.35. The van der Waals surface area contributed by atoms with E-state index in [1.54, 1.807) is 6.20 Å². The number of benzene rings is 2. The molecule has 27 heavy (non-hydrogen) atoms. The van der Waals surface area contributed by atoms with Gasteiger partial charge < -0.3 is 14.6 Å². The fraction of sp³-hybridized carbons (Fsp3) is 0.200. The third-order valence-corrected chi connectivity index (χ3v) is 5.25. The van der Waals surface area contributed by atoms with Crippen LogP contribution in [0.3, 0.4) is 0 Å². The van der Waals surface area contributed by atoms with Gasteiger partial charge in [-0.05, 0) is 24.3 Å². The maximum Gasteiger partial charge on any atom is 0.282 e. The highest BCUT2D eigenvalue weighted by molar-refractivity contribution is 6.34. The maximum atomic E-state index is 12.9. The molecule has 5 rings (SSSR count). The Bertz CT molecular complexity index is 1150. The van der Waals surface area contributed by atoms with Gasteiger partial charge in [-0.2, -0.15) is 9.78 Å². The third kappa shape index (κ3) is 2.69. The maximum absolute atomic E-state index is 12.9. The number of ether oxygens (including phenoxy) is 1. The Morgan fingerprint density at radius 1 is 1.11 bits per heavy atom. The predicted molar refractivity (Wildman–Crippen MR) is 106 cm³/mol. The van der Waals surface area contributed by atoms with E-state index in [0.717, 1.165) is 35.4 Å². The van der Waals surface area contributed by atoms with Crippen LogP contribution in [0.5, 0.6) is 0 Å². The second-order valence-electron chi connectivity index (χ2n) is 6.55. The van der Waals surface area contributed by atoms with Crippen molar-refractivity contribution < 1.29 is 4.74 Å². The first-order chi connectivity index (χ1) is 13.2. The summed E-state index contributed by atoms with van der Waals surface area (Å²) in [6, 6.07) is 13.3. The Morgan fingerprint density at radius 3 is 2.67 bits per heavy atom. The molecule has 1 N–H and O–H groups in total. The molecule has 0 spiro atoms. The molecule has 3 aliphatic heterocycles. The predicted octanol–water partition coefficient (Wildman–Crippen LogP) is 3.31. The number of hydrogen-bond donors (Lipinski definition) is 1. The minimum Gasteiger partial charge on any atom is -0.378 e. The number of halogens is 1. The average Bonchev–Trinajstić information content (AvgIpc) is 3.06. The van der Waals surface area contributed by atoms with E-state index < -0.39 is 0 Å². The van der Waals surface area contributed by atoms with Crippen LogP contribution in [0.4, 0.5) is 5.69 Å². The Hall–Kier alpha value is -2.83. The summed E-state index contributed by atoms with van der Waals surface area (Å²) in [5, 5.41) is 6.18. The van der Waals surface area contributed by atoms with Gasteiger partial charge in [-0.25, -0.2) is 0 Å². The molecule has 136 valence electrons. The molecule has 0 radical (unpaired) electrons. The van der Waals surface area contributed by atoms with E-state index in [0.29, 0.717) is 29.5 Å². The first-order valence-electron chi connectivity index (χ1n) is 8.84. The van der Waals surface area contributed by atoms with E-state index in [2.05, 4.69) is 15.0 Å². The molecular formula is C20H17ClN4O2. The van der Waals surface area contributed by atoms with Crippen LogP contribution in [0.15, 0.2) is 53.5 Å². The Kier molecular flexibility index (Phi) is 3.88. The van der Waals surface area contributed by atoms with Gasteiger partial charge >= 0.3 is 0 Å². The minimum absolute atomic E-state index is 0.141. The number of para-hydroxylation sites is 1. The number of nitrogens with zero attached hydrogens (tertiary/aromatic N) is 3. The lowest BCUT2D eigenvalue weighted by molar-refractivity contribution is 0.122. The van der Waals surface area contributed by atoms with Gasteiger partial charge in [-0.1, -0.05) is 29.8 Å². The summed E-state index contributed by atoms with van der Waals surface area (Å²) >= 11 is 6.53. The van der Waals surface area contributed by atoms with E-state index in [1.165, 1.54) is 4.68 Å². The molecule has 0 aliphatic carbocycles. The van der Waals surface area contributed by atoms with Crippen LogP contribution in [0.25, 0.3) is 27.8 Å². The van der Waals surface area contributed by atoms with Crippen molar-refractivity contribution in [3.05, 3.63) is 64.0 Å². The molecule has 3 heterocycles. The fourth-order valence-corrected chi connectivity index (χ4v) is 3.84. The van der Waals surface area contributed by atoms with Crippen LogP contribution in [0, 0.1) is 0 Å². The Morgan fingerprint density at radius 2 is 1.89 bits per heavy atom. The molecule has 3 aliphatic rings. The van der Waals surface area contributed by atoms with Crippen LogP contribution in [0.1, 0.15) is 0 Å². The summed E-state index contributed by atoms with van der Waals surface area (Å²) in [6.07, 6.45) is 1.71. The van der Waals surface area contributed by atoms with Gasteiger partial charge in [0.05, 0.1) is 35.2 Å². The van der Waals surface area contributed by atoms with Gasteiger partial charge in [0, 0.05) is 30.2 Å². The number of nitrogens with one attached hydrogen (secondary N) is 1. The van der Waals surface area contributed by atoms with Crippen molar-refractivity contribution in [2.24, 2.45) is 0 Å². The van der Waals surface area contributed by atoms with Gasteiger partial charge in [0.15, 0.2) is 0 Å². The Balaban J connectivity index is 1.73. The largest absolute Gasteiger partial charge is 0.378 e. The molecule has 0 aromatic heterocycles. The van der Waals surface area contributed by atoms with Crippen LogP contribution in [-0.4, -0.2) is 41.1 Å². The number of H-pyrrole nitrogens is 1. The van der Waals surface area contributed by atoms with E-state index in [-0.39, 0.29) is 5.56 Å². The Labute approximate surface area is 160 Å². The zero-order valence-electron chi connectivity index (χ0n) is 14.5. The molecule has 0 amide bonds. The zero-order valence-corrected chi connectivity index (χ0v) is 15.2. The molecule has 0 unspecified atom stereocenters. The number of pyridine rings is 1. The molecule has 1 saturated heterocycles. The number of anilines is 1. The molecule has 7 heteroatoms. The van der Waals surface area contributed by atoms with Crippen molar-refractivity contribution in [1.82, 2.24) is 14.8 Å². The van der Waals surface area contributed by atoms with Crippen molar-refractivity contribution in [2.75, 3.05) is 31.2 Å². The molecular weight excluding hydrogens is 364 g/mol. The number of aromatic nitrogens is 3. The van der Waals surface area contributed by atoms with Crippen molar-refractivity contribution in [1.29, 1.82) is 0 Å². The van der Waals surface area contributed by atoms with Crippen LogP contribution >= 0.6 is 11.6 Å². The highest BCUT2D eigenvalue weighted by atomic mass is 35.5. The lowest BCUT2D eigenvalue weighted by Gasteiger charge is -2.29. The van der Waals surface area contributed by atoms with E-state index in [9.17, 15) is 4.79 Å². The molecule has 2 aromatic carbocycles. The smallest absolute Gasteiger partial charge is 0.282 e. The summed E-state index contributed by atoms with van der Waals surface area (Å²) in [7, 11) is 0. The number of hydrogen-bond acceptors (Lipinski definition) is 4. The minimum atomic E-state index is -0.141. The van der Waals surface area contributed by atoms with Crippen molar-refractivity contribution >= 4 is 28.2 Å². The number of rotatable bonds is 2. The van der Waals surface area contributed by atoms with Crippen molar-refractivity contribution in [3.63, 3.8) is 0 Å². The van der Waals surface area contributed by atoms with E-state index >= 15 is 0 Å². The topological polar surface area (TPSA) is 63.1 Å². The van der Waals surface area contributed by atoms with E-state index in [4.69, 9.17) is 16.3 Å². The second-order valence-corrected chi connectivity index (χ2v) is 6.96. The summed E-state index contributed by atoms with van der Waals surface area (Å²) < 4.78 is 6.88. The molecule has 0 bridgehead atoms. The van der Waals surface area contributed by atoms with Gasteiger partial charge in [0.25, 0.3) is 5.56 Å². The normalized spacial score (nSPS) is 14.9. The van der Waals surface area contributed by atoms with Gasteiger partial charge in [0.2, 0.25) is 0 Å². The van der Waals surface area contributed by atoms with Crippen molar-refractivity contribution in [3.8, 4) is 16.9 Å². The standard InChI is InChI=1S/C20H17ClN4O2/c21-16-11-17-14(10-18(16)24-6-8-27-9-7-24)19-15(12-22-17)20(26)25(23-19)13-4-2-1-3-5-13/h1-5,10-12,22H,6-9H2. The number of morpholine rings is 1. The summed E-state index contributed by atoms with van der Waals surface area (Å²) in [5.74, 6) is 0. The summed E-state index contributed by atoms with van der Waals surface area (Å²) in [5.41, 5.74) is 3.62. The third-order valence-electron chi connectivity index (χ3n) is 4.94. The zero-order chi connectivity index (χ0) is 18.4. The molecule has 1 fully saturated rings. The van der Waals surface area contributed by atoms with Crippen LogP contribution < -0.4 is 10.5 Å². The van der Waals surface area contributed by atoms with Crippen LogP contribution in [-0.2, 0) is 4.74 Å². The SMILES string of the molecule is O=c1c2c[nH]c3cc(Cl)c(N4CCOCC4)cc3c-2nn1-c1ccccc1. The van der Waals surface area contributed by atoms with Crippen molar-refractivity contribution in [2.45, 2.75) is 0 Å². The van der Waals surface area contributed by atoms with E-state index in [1.807, 2.05) is 42.5 Å². The van der Waals surface area contributed by atoms with Gasteiger partial charge in [0.1, 0.15) is 5.69 Å². The molecule has 2 aromatic rings. The molecule has 6 nitrogen and oxygen atoms in total. The number of fused-ring (bicyclic) bond motifs is 3.